The standard InChI is InChI=1S/C13H15ClFNO2/c1-9-2-3-10(6-12(9)15)13(17)16-4-5-18-8-11(16)7-14/h2-3,6,11H,4-5,7-8H2,1H3. The van der Waals surface area contributed by atoms with Crippen LogP contribution in [0.3, 0.4) is 0 Å². The summed E-state index contributed by atoms with van der Waals surface area (Å²) in [6, 6.07) is 4.39. The van der Waals surface area contributed by atoms with Gasteiger partial charge in [-0.15, -0.1) is 11.6 Å². The number of hydrogen-bond donors (Lipinski definition) is 0. The van der Waals surface area contributed by atoms with E-state index in [1.807, 2.05) is 0 Å². The fraction of sp³-hybridized carbons (Fsp3) is 0.462. The Kier molecular flexibility index (Phi) is 4.19. The molecule has 2 rings (SSSR count). The number of carbonyl (C=O) groups is 1. The first kappa shape index (κ1) is 13.3. The monoisotopic (exact) mass is 271 g/mol. The molecule has 0 aliphatic carbocycles. The van der Waals surface area contributed by atoms with E-state index in [0.717, 1.165) is 0 Å². The summed E-state index contributed by atoms with van der Waals surface area (Å²) in [5.74, 6) is -0.237. The van der Waals surface area contributed by atoms with Crippen LogP contribution in [0.4, 0.5) is 4.39 Å². The predicted octanol–water partition coefficient (Wildman–Crippen LogP) is 2.21. The number of nitrogens with zero attached hydrogens (tertiary/aromatic N) is 1. The molecular weight excluding hydrogens is 257 g/mol. The van der Waals surface area contributed by atoms with Crippen molar-refractivity contribution < 1.29 is 13.9 Å². The quantitative estimate of drug-likeness (QED) is 0.772. The number of alkyl halides is 1. The second-order valence-corrected chi connectivity index (χ2v) is 4.65. The van der Waals surface area contributed by atoms with Crippen LogP contribution < -0.4 is 0 Å². The lowest BCUT2D eigenvalue weighted by Gasteiger charge is -2.34. The molecule has 1 aliphatic heterocycles. The summed E-state index contributed by atoms with van der Waals surface area (Å²) in [5, 5.41) is 0. The van der Waals surface area contributed by atoms with Gasteiger partial charge in [-0.05, 0) is 24.6 Å². The van der Waals surface area contributed by atoms with Crippen molar-refractivity contribution in [1.82, 2.24) is 4.90 Å². The van der Waals surface area contributed by atoms with E-state index in [4.69, 9.17) is 16.3 Å². The highest BCUT2D eigenvalue weighted by molar-refractivity contribution is 6.18. The molecule has 3 nitrogen and oxygen atoms in total. The van der Waals surface area contributed by atoms with Crippen LogP contribution in [0.5, 0.6) is 0 Å². The van der Waals surface area contributed by atoms with Gasteiger partial charge in [-0.1, -0.05) is 6.07 Å². The summed E-state index contributed by atoms with van der Waals surface area (Å²) in [6.07, 6.45) is 0. The Morgan fingerprint density at radius 3 is 3.06 bits per heavy atom. The second-order valence-electron chi connectivity index (χ2n) is 4.35. The molecule has 1 saturated heterocycles. The lowest BCUT2D eigenvalue weighted by atomic mass is 10.1. The first-order valence-electron chi connectivity index (χ1n) is 5.84. The van der Waals surface area contributed by atoms with Gasteiger partial charge in [0.2, 0.25) is 0 Å². The Bertz CT molecular complexity index is 453. The molecule has 1 unspecified atom stereocenters. The van der Waals surface area contributed by atoms with Crippen LogP contribution in [0.2, 0.25) is 0 Å². The molecule has 0 spiro atoms. The van der Waals surface area contributed by atoms with Gasteiger partial charge in [-0.2, -0.15) is 0 Å². The Morgan fingerprint density at radius 2 is 2.39 bits per heavy atom. The molecule has 1 heterocycles. The van der Waals surface area contributed by atoms with Gasteiger partial charge in [-0.25, -0.2) is 4.39 Å². The zero-order valence-electron chi connectivity index (χ0n) is 10.2. The third-order valence-electron chi connectivity index (χ3n) is 3.09. The highest BCUT2D eigenvalue weighted by atomic mass is 35.5. The molecule has 18 heavy (non-hydrogen) atoms. The Balaban J connectivity index is 2.21. The maximum atomic E-state index is 13.5. The second kappa shape index (κ2) is 5.67. The third kappa shape index (κ3) is 2.65. The van der Waals surface area contributed by atoms with Crippen LogP contribution in [0.15, 0.2) is 18.2 Å². The van der Waals surface area contributed by atoms with Gasteiger partial charge in [0.05, 0.1) is 19.3 Å². The average Bonchev–Trinajstić information content (AvgIpc) is 2.41. The van der Waals surface area contributed by atoms with Crippen LogP contribution >= 0.6 is 11.6 Å². The molecule has 5 heteroatoms. The number of morpholine rings is 1. The first-order valence-corrected chi connectivity index (χ1v) is 6.37. The van der Waals surface area contributed by atoms with E-state index in [0.29, 0.717) is 36.8 Å². The van der Waals surface area contributed by atoms with Crippen LogP contribution in [0.1, 0.15) is 15.9 Å². The van der Waals surface area contributed by atoms with Gasteiger partial charge in [0, 0.05) is 18.0 Å². The van der Waals surface area contributed by atoms with E-state index in [2.05, 4.69) is 0 Å². The summed E-state index contributed by atoms with van der Waals surface area (Å²) in [7, 11) is 0. The number of amides is 1. The molecule has 1 aliphatic rings. The molecule has 0 aromatic heterocycles. The Morgan fingerprint density at radius 1 is 1.61 bits per heavy atom. The van der Waals surface area contributed by atoms with Gasteiger partial charge in [0.25, 0.3) is 5.91 Å². The van der Waals surface area contributed by atoms with E-state index in [9.17, 15) is 9.18 Å². The Labute approximate surface area is 110 Å². The fourth-order valence-electron chi connectivity index (χ4n) is 1.94. The topological polar surface area (TPSA) is 29.5 Å². The van der Waals surface area contributed by atoms with Crippen molar-refractivity contribution in [3.63, 3.8) is 0 Å². The maximum absolute atomic E-state index is 13.5. The summed E-state index contributed by atoms with van der Waals surface area (Å²) >= 11 is 5.82. The average molecular weight is 272 g/mol. The van der Waals surface area contributed by atoms with E-state index in [-0.39, 0.29) is 17.8 Å². The molecule has 98 valence electrons. The molecule has 1 fully saturated rings. The van der Waals surface area contributed by atoms with Crippen LogP contribution in [-0.2, 0) is 4.74 Å². The smallest absolute Gasteiger partial charge is 0.254 e. The van der Waals surface area contributed by atoms with E-state index < -0.39 is 0 Å². The van der Waals surface area contributed by atoms with Crippen molar-refractivity contribution in [3.8, 4) is 0 Å². The molecule has 1 aromatic rings. The summed E-state index contributed by atoms with van der Waals surface area (Å²) < 4.78 is 18.7. The van der Waals surface area contributed by atoms with Crippen molar-refractivity contribution in [2.45, 2.75) is 13.0 Å². The highest BCUT2D eigenvalue weighted by Crippen LogP contribution is 2.16. The number of aryl methyl sites for hydroxylation is 1. The number of carbonyl (C=O) groups excluding carboxylic acids is 1. The van der Waals surface area contributed by atoms with Crippen molar-refractivity contribution >= 4 is 17.5 Å². The van der Waals surface area contributed by atoms with Crippen molar-refractivity contribution in [2.24, 2.45) is 0 Å². The molecule has 0 N–H and O–H groups in total. The minimum Gasteiger partial charge on any atom is -0.377 e. The van der Waals surface area contributed by atoms with Crippen LogP contribution in [0, 0.1) is 12.7 Å². The van der Waals surface area contributed by atoms with Crippen molar-refractivity contribution in [1.29, 1.82) is 0 Å². The number of benzene rings is 1. The minimum atomic E-state index is -0.364. The molecule has 0 radical (unpaired) electrons. The van der Waals surface area contributed by atoms with Gasteiger partial charge < -0.3 is 9.64 Å². The van der Waals surface area contributed by atoms with Crippen molar-refractivity contribution in [3.05, 3.63) is 35.1 Å². The van der Waals surface area contributed by atoms with Crippen LogP contribution in [-0.4, -0.2) is 42.5 Å². The molecule has 1 atom stereocenters. The lowest BCUT2D eigenvalue weighted by molar-refractivity contribution is 0.00454. The number of hydrogen-bond acceptors (Lipinski definition) is 2. The number of ether oxygens (including phenoxy) is 1. The van der Waals surface area contributed by atoms with Crippen LogP contribution in [0.25, 0.3) is 0 Å². The first-order chi connectivity index (χ1) is 8.63. The van der Waals surface area contributed by atoms with Crippen molar-refractivity contribution in [2.75, 3.05) is 25.6 Å². The predicted molar refractivity (Wildman–Crippen MR) is 67.5 cm³/mol. The van der Waals surface area contributed by atoms with E-state index in [1.165, 1.54) is 6.07 Å². The highest BCUT2D eigenvalue weighted by Gasteiger charge is 2.27. The molecule has 1 aromatic carbocycles. The normalized spacial score (nSPS) is 19.9. The van der Waals surface area contributed by atoms with Gasteiger partial charge >= 0.3 is 0 Å². The zero-order valence-corrected chi connectivity index (χ0v) is 10.9. The minimum absolute atomic E-state index is 0.141. The van der Waals surface area contributed by atoms with E-state index >= 15 is 0 Å². The largest absolute Gasteiger partial charge is 0.377 e. The molecule has 0 bridgehead atoms. The third-order valence-corrected chi connectivity index (χ3v) is 3.44. The summed E-state index contributed by atoms with van der Waals surface area (Å²) in [6.45, 7) is 3.09. The number of halogens is 2. The van der Waals surface area contributed by atoms with E-state index in [1.54, 1.807) is 24.0 Å². The SMILES string of the molecule is Cc1ccc(C(=O)N2CCOCC2CCl)cc1F. The fourth-order valence-corrected chi connectivity index (χ4v) is 2.20. The zero-order chi connectivity index (χ0) is 13.1. The van der Waals surface area contributed by atoms with Gasteiger partial charge in [0.15, 0.2) is 0 Å². The molecule has 1 amide bonds. The molecular formula is C13H15ClFNO2. The summed E-state index contributed by atoms with van der Waals surface area (Å²) in [5.41, 5.74) is 0.887. The van der Waals surface area contributed by atoms with Gasteiger partial charge in [-0.3, -0.25) is 4.79 Å². The van der Waals surface area contributed by atoms with Gasteiger partial charge in [0.1, 0.15) is 5.82 Å². The molecule has 0 saturated carbocycles. The maximum Gasteiger partial charge on any atom is 0.254 e. The summed E-state index contributed by atoms with van der Waals surface area (Å²) in [4.78, 5) is 13.9. The Hall–Kier alpha value is -1.13. The number of rotatable bonds is 2. The lowest BCUT2D eigenvalue weighted by Crippen LogP contribution is -2.49.